The number of aromatic nitrogens is 2. The highest BCUT2D eigenvalue weighted by molar-refractivity contribution is 6.07. The number of hydrogen-bond donors (Lipinski definition) is 0. The molecular weight excluding hydrogens is 355 g/mol. The van der Waals surface area contributed by atoms with Crippen molar-refractivity contribution in [2.75, 3.05) is 36.0 Å². The fourth-order valence-corrected chi connectivity index (χ4v) is 4.38. The molecule has 0 N–H and O–H groups in total. The van der Waals surface area contributed by atoms with Crippen LogP contribution >= 0.6 is 0 Å². The molecule has 144 valence electrons. The molecule has 0 spiro atoms. The first-order valence-corrected chi connectivity index (χ1v) is 9.90. The number of piperazine rings is 1. The van der Waals surface area contributed by atoms with Gasteiger partial charge in [0.1, 0.15) is 5.82 Å². The molecule has 1 saturated heterocycles. The van der Waals surface area contributed by atoms with Crippen molar-refractivity contribution in [3.8, 4) is 0 Å². The summed E-state index contributed by atoms with van der Waals surface area (Å²) in [4.78, 5) is 22.1. The second-order valence-electron chi connectivity index (χ2n) is 7.67. The number of ketones is 1. The summed E-state index contributed by atoms with van der Waals surface area (Å²) in [5, 5.41) is 0. The first kappa shape index (κ1) is 17.2. The van der Waals surface area contributed by atoms with Gasteiger partial charge in [-0.3, -0.25) is 4.79 Å². The van der Waals surface area contributed by atoms with Crippen molar-refractivity contribution >= 4 is 28.5 Å². The number of carbonyl (C=O) groups excluding carboxylic acids is 1. The number of imidazole rings is 1. The molecule has 0 bridgehead atoms. The smallest absolute Gasteiger partial charge is 0.206 e. The van der Waals surface area contributed by atoms with Crippen molar-refractivity contribution in [2.45, 2.75) is 26.3 Å². The molecule has 1 aromatic heterocycles. The van der Waals surface area contributed by atoms with Gasteiger partial charge in [-0.2, -0.15) is 0 Å². The van der Waals surface area contributed by atoms with E-state index in [1.165, 1.54) is 12.1 Å². The number of Topliss-reactive ketones (excluding diaryl/α,β-unsaturated/α-hetero) is 1. The van der Waals surface area contributed by atoms with E-state index in [0.717, 1.165) is 72.9 Å². The second-order valence-corrected chi connectivity index (χ2v) is 7.67. The minimum Gasteiger partial charge on any atom is -0.368 e. The number of nitrogens with zero attached hydrogens (tertiary/aromatic N) is 4. The van der Waals surface area contributed by atoms with Crippen LogP contribution in [-0.4, -0.2) is 41.5 Å². The molecule has 2 aliphatic rings. The number of carbonyl (C=O) groups is 1. The summed E-state index contributed by atoms with van der Waals surface area (Å²) in [5.74, 6) is 0.984. The van der Waals surface area contributed by atoms with Crippen LogP contribution in [0.2, 0.25) is 0 Å². The molecule has 1 fully saturated rings. The Kier molecular flexibility index (Phi) is 4.07. The topological polar surface area (TPSA) is 41.4 Å². The van der Waals surface area contributed by atoms with Crippen LogP contribution in [-0.2, 0) is 6.54 Å². The number of hydrogen-bond acceptors (Lipinski definition) is 4. The van der Waals surface area contributed by atoms with Gasteiger partial charge >= 0.3 is 0 Å². The molecule has 0 atom stereocenters. The van der Waals surface area contributed by atoms with E-state index in [1.807, 2.05) is 24.3 Å². The quantitative estimate of drug-likeness (QED) is 0.680. The predicted octanol–water partition coefficient (Wildman–Crippen LogP) is 3.79. The minimum atomic E-state index is -0.206. The van der Waals surface area contributed by atoms with Crippen LogP contribution in [0.4, 0.5) is 16.0 Å². The van der Waals surface area contributed by atoms with E-state index in [4.69, 9.17) is 4.98 Å². The van der Waals surface area contributed by atoms with E-state index in [2.05, 4.69) is 21.3 Å². The largest absolute Gasteiger partial charge is 0.368 e. The fraction of sp³-hybridized carbons (Fsp3) is 0.364. The van der Waals surface area contributed by atoms with E-state index < -0.39 is 0 Å². The van der Waals surface area contributed by atoms with Crippen molar-refractivity contribution < 1.29 is 9.18 Å². The first-order chi connectivity index (χ1) is 13.6. The third-order valence-electron chi connectivity index (χ3n) is 5.92. The Morgan fingerprint density at radius 2 is 1.64 bits per heavy atom. The zero-order valence-corrected chi connectivity index (χ0v) is 16.0. The monoisotopic (exact) mass is 378 g/mol. The molecule has 28 heavy (non-hydrogen) atoms. The zero-order valence-electron chi connectivity index (χ0n) is 16.0. The molecule has 0 saturated carbocycles. The number of aryl methyl sites for hydroxylation is 2. The lowest BCUT2D eigenvalue weighted by Gasteiger charge is -2.36. The van der Waals surface area contributed by atoms with Gasteiger partial charge < -0.3 is 14.4 Å². The van der Waals surface area contributed by atoms with Crippen LogP contribution in [0.25, 0.3) is 11.0 Å². The molecule has 5 rings (SSSR count). The Morgan fingerprint density at radius 3 is 2.39 bits per heavy atom. The Bertz CT molecular complexity index is 1050. The van der Waals surface area contributed by atoms with Crippen LogP contribution in [0.3, 0.4) is 0 Å². The van der Waals surface area contributed by atoms with Gasteiger partial charge in [0.05, 0.1) is 11.0 Å². The normalized spacial score (nSPS) is 17.3. The van der Waals surface area contributed by atoms with Crippen molar-refractivity contribution in [1.29, 1.82) is 0 Å². The second kappa shape index (κ2) is 6.62. The average Bonchev–Trinajstić information content (AvgIpc) is 3.01. The van der Waals surface area contributed by atoms with Crippen molar-refractivity contribution in [3.05, 3.63) is 53.3 Å². The number of benzene rings is 2. The molecule has 5 nitrogen and oxygen atoms in total. The maximum absolute atomic E-state index is 13.2. The van der Waals surface area contributed by atoms with Gasteiger partial charge in [-0.1, -0.05) is 6.07 Å². The zero-order chi connectivity index (χ0) is 19.3. The van der Waals surface area contributed by atoms with Crippen molar-refractivity contribution in [2.24, 2.45) is 0 Å². The summed E-state index contributed by atoms with van der Waals surface area (Å²) in [6, 6.07) is 10.7. The van der Waals surface area contributed by atoms with Gasteiger partial charge in [-0.25, -0.2) is 9.37 Å². The lowest BCUT2D eigenvalue weighted by atomic mass is 10.0. The SMILES string of the molecule is Cc1ccc2c3c1nc(N1CCN(c4ccc(F)cc4)CC1)n3CCCC2=O. The highest BCUT2D eigenvalue weighted by atomic mass is 19.1. The minimum absolute atomic E-state index is 0.206. The van der Waals surface area contributed by atoms with Gasteiger partial charge in [0.15, 0.2) is 5.78 Å². The third kappa shape index (κ3) is 2.75. The van der Waals surface area contributed by atoms with Gasteiger partial charge in [-0.05, 0) is 49.2 Å². The Morgan fingerprint density at radius 1 is 0.929 bits per heavy atom. The highest BCUT2D eigenvalue weighted by Gasteiger charge is 2.27. The summed E-state index contributed by atoms with van der Waals surface area (Å²) in [6.07, 6.45) is 1.44. The third-order valence-corrected chi connectivity index (χ3v) is 5.92. The highest BCUT2D eigenvalue weighted by Crippen LogP contribution is 2.32. The van der Waals surface area contributed by atoms with Gasteiger partial charge in [0.25, 0.3) is 0 Å². The number of anilines is 2. The fourth-order valence-electron chi connectivity index (χ4n) is 4.38. The summed E-state index contributed by atoms with van der Waals surface area (Å²) >= 11 is 0. The van der Waals surface area contributed by atoms with Crippen LogP contribution in [0, 0.1) is 12.7 Å². The molecule has 0 radical (unpaired) electrons. The summed E-state index contributed by atoms with van der Waals surface area (Å²) in [5.41, 5.74) is 4.92. The van der Waals surface area contributed by atoms with Crippen molar-refractivity contribution in [3.63, 3.8) is 0 Å². The van der Waals surface area contributed by atoms with Crippen LogP contribution in [0.5, 0.6) is 0 Å². The Hall–Kier alpha value is -2.89. The molecular formula is C22H23FN4O. The van der Waals surface area contributed by atoms with E-state index in [0.29, 0.717) is 6.42 Å². The van der Waals surface area contributed by atoms with Gasteiger partial charge in [0, 0.05) is 50.4 Å². The lowest BCUT2D eigenvalue weighted by molar-refractivity contribution is 0.0982. The predicted molar refractivity (Wildman–Crippen MR) is 109 cm³/mol. The molecule has 0 amide bonds. The van der Waals surface area contributed by atoms with Gasteiger partial charge in [-0.15, -0.1) is 0 Å². The van der Waals surface area contributed by atoms with Crippen molar-refractivity contribution in [1.82, 2.24) is 9.55 Å². The molecule has 3 aromatic rings. The number of halogens is 1. The summed E-state index contributed by atoms with van der Waals surface area (Å²) in [7, 11) is 0. The molecule has 0 aliphatic carbocycles. The summed E-state index contributed by atoms with van der Waals surface area (Å²) in [6.45, 7) is 6.31. The summed E-state index contributed by atoms with van der Waals surface area (Å²) < 4.78 is 15.4. The molecule has 0 unspecified atom stereocenters. The molecule has 2 aromatic carbocycles. The average molecular weight is 378 g/mol. The maximum atomic E-state index is 13.2. The Labute approximate surface area is 163 Å². The van der Waals surface area contributed by atoms with E-state index in [9.17, 15) is 9.18 Å². The lowest BCUT2D eigenvalue weighted by Crippen LogP contribution is -2.47. The maximum Gasteiger partial charge on any atom is 0.206 e. The van der Waals surface area contributed by atoms with Gasteiger partial charge in [0.2, 0.25) is 5.95 Å². The Balaban J connectivity index is 1.47. The standard InChI is InChI=1S/C22H23FN4O/c1-15-4-9-18-19(28)3-2-10-27-21(18)20(15)24-22(27)26-13-11-25(12-14-26)17-7-5-16(23)6-8-17/h4-9H,2-3,10-14H2,1H3. The number of rotatable bonds is 2. The van der Waals surface area contributed by atoms with Crippen LogP contribution in [0.1, 0.15) is 28.8 Å². The van der Waals surface area contributed by atoms with Crippen LogP contribution in [0.15, 0.2) is 36.4 Å². The van der Waals surface area contributed by atoms with E-state index in [1.54, 1.807) is 0 Å². The molecule has 6 heteroatoms. The molecule has 3 heterocycles. The molecule has 2 aliphatic heterocycles. The van der Waals surface area contributed by atoms with E-state index >= 15 is 0 Å². The van der Waals surface area contributed by atoms with Crippen LogP contribution < -0.4 is 9.80 Å². The first-order valence-electron chi connectivity index (χ1n) is 9.90. The van der Waals surface area contributed by atoms with E-state index in [-0.39, 0.29) is 11.6 Å².